The zero-order valence-electron chi connectivity index (χ0n) is 10.0. The Morgan fingerprint density at radius 3 is 2.22 bits per heavy atom. The number of hydrogen-bond acceptors (Lipinski definition) is 2. The van der Waals surface area contributed by atoms with E-state index >= 15 is 0 Å². The number of aliphatic carboxylic acids is 1. The van der Waals surface area contributed by atoms with Gasteiger partial charge in [0.25, 0.3) is 0 Å². The van der Waals surface area contributed by atoms with Crippen LogP contribution in [0.25, 0.3) is 0 Å². The van der Waals surface area contributed by atoms with Gasteiger partial charge < -0.3 is 5.11 Å². The highest BCUT2D eigenvalue weighted by Gasteiger charge is 2.28. The molecule has 0 bridgehead atoms. The lowest BCUT2D eigenvalue weighted by atomic mass is 10.1. The average Bonchev–Trinajstić information content (AvgIpc) is 2.22. The van der Waals surface area contributed by atoms with Gasteiger partial charge in [0.1, 0.15) is 5.25 Å². The monoisotopic (exact) mass is 308 g/mol. The normalized spacial score (nSPS) is 14.5. The first-order valence-electron chi connectivity index (χ1n) is 5.37. The highest BCUT2D eigenvalue weighted by molar-refractivity contribution is 7.85. The predicted molar refractivity (Wildman–Crippen MR) is 74.6 cm³/mol. The quantitative estimate of drug-likeness (QED) is 0.907. The summed E-state index contributed by atoms with van der Waals surface area (Å²) < 4.78 is 12.1. The standard InChI is InChI=1S/C12H14Cl2O3S/c1-7(2)11(12(15)16)18(17)6-8-9(13)4-3-5-10(8)14/h3-5,7,11H,6H2,1-2H3,(H,15,16). The van der Waals surface area contributed by atoms with Crippen LogP contribution in [-0.4, -0.2) is 20.5 Å². The molecule has 1 N–H and O–H groups in total. The molecule has 0 heterocycles. The molecule has 1 aromatic rings. The molecule has 0 spiro atoms. The van der Waals surface area contributed by atoms with E-state index < -0.39 is 22.0 Å². The summed E-state index contributed by atoms with van der Waals surface area (Å²) in [5.74, 6) is -1.23. The zero-order chi connectivity index (χ0) is 13.9. The van der Waals surface area contributed by atoms with Gasteiger partial charge >= 0.3 is 5.97 Å². The van der Waals surface area contributed by atoms with Crippen molar-refractivity contribution in [1.82, 2.24) is 0 Å². The van der Waals surface area contributed by atoms with Crippen molar-refractivity contribution >= 4 is 40.0 Å². The largest absolute Gasteiger partial charge is 0.480 e. The summed E-state index contributed by atoms with van der Waals surface area (Å²) in [4.78, 5) is 11.1. The Labute approximate surface area is 119 Å². The highest BCUT2D eigenvalue weighted by atomic mass is 35.5. The van der Waals surface area contributed by atoms with Crippen LogP contribution in [0, 0.1) is 5.92 Å². The molecule has 1 aromatic carbocycles. The van der Waals surface area contributed by atoms with E-state index in [9.17, 15) is 9.00 Å². The summed E-state index contributed by atoms with van der Waals surface area (Å²) in [5, 5.41) is 8.97. The first-order chi connectivity index (χ1) is 8.34. The number of rotatable bonds is 5. The van der Waals surface area contributed by atoms with Crippen LogP contribution in [-0.2, 0) is 21.3 Å². The molecule has 0 aromatic heterocycles. The first kappa shape index (κ1) is 15.5. The van der Waals surface area contributed by atoms with Crippen molar-refractivity contribution in [3.05, 3.63) is 33.8 Å². The van der Waals surface area contributed by atoms with E-state index in [-0.39, 0.29) is 11.7 Å². The molecule has 2 atom stereocenters. The van der Waals surface area contributed by atoms with Crippen LogP contribution in [0.1, 0.15) is 19.4 Å². The fraction of sp³-hybridized carbons (Fsp3) is 0.417. The maximum Gasteiger partial charge on any atom is 0.319 e. The van der Waals surface area contributed by atoms with Gasteiger partial charge in [-0.15, -0.1) is 0 Å². The molecule has 0 amide bonds. The molecule has 0 radical (unpaired) electrons. The minimum atomic E-state index is -1.56. The van der Waals surface area contributed by atoms with Gasteiger partial charge in [0.05, 0.1) is 5.75 Å². The second-order valence-corrected chi connectivity index (χ2v) is 6.60. The molecule has 0 aliphatic heterocycles. The second kappa shape index (κ2) is 6.55. The van der Waals surface area contributed by atoms with Gasteiger partial charge in [-0.1, -0.05) is 43.1 Å². The van der Waals surface area contributed by atoms with E-state index in [1.807, 2.05) is 0 Å². The molecule has 100 valence electrons. The van der Waals surface area contributed by atoms with Crippen molar-refractivity contribution < 1.29 is 14.1 Å². The molecule has 1 rings (SSSR count). The number of carboxylic acids is 1. The molecule has 6 heteroatoms. The molecule has 2 unspecified atom stereocenters. The van der Waals surface area contributed by atoms with Gasteiger partial charge in [0, 0.05) is 26.4 Å². The van der Waals surface area contributed by atoms with Gasteiger partial charge in [0.2, 0.25) is 0 Å². The van der Waals surface area contributed by atoms with Gasteiger partial charge in [-0.2, -0.15) is 0 Å². The van der Waals surface area contributed by atoms with Crippen LogP contribution < -0.4 is 0 Å². The first-order valence-corrected chi connectivity index (χ1v) is 7.51. The summed E-state index contributed by atoms with van der Waals surface area (Å²) in [7, 11) is -1.56. The van der Waals surface area contributed by atoms with Crippen LogP contribution >= 0.6 is 23.2 Å². The maximum atomic E-state index is 12.1. The molecule has 0 saturated heterocycles. The topological polar surface area (TPSA) is 54.4 Å². The number of halogens is 2. The number of carbonyl (C=O) groups is 1. The van der Waals surface area contributed by atoms with Crippen molar-refractivity contribution in [2.75, 3.05) is 0 Å². The van der Waals surface area contributed by atoms with Crippen LogP contribution in [0.5, 0.6) is 0 Å². The van der Waals surface area contributed by atoms with Crippen LogP contribution in [0.15, 0.2) is 18.2 Å². The van der Waals surface area contributed by atoms with E-state index in [4.69, 9.17) is 28.3 Å². The lowest BCUT2D eigenvalue weighted by Gasteiger charge is -2.16. The maximum absolute atomic E-state index is 12.1. The van der Waals surface area contributed by atoms with Crippen LogP contribution in [0.2, 0.25) is 10.0 Å². The van der Waals surface area contributed by atoms with E-state index in [0.29, 0.717) is 15.6 Å². The summed E-state index contributed by atoms with van der Waals surface area (Å²) in [6.45, 7) is 3.45. The Morgan fingerprint density at radius 2 is 1.83 bits per heavy atom. The van der Waals surface area contributed by atoms with Crippen molar-refractivity contribution in [3.8, 4) is 0 Å². The van der Waals surface area contributed by atoms with Crippen molar-refractivity contribution in [2.24, 2.45) is 5.92 Å². The molecular formula is C12H14Cl2O3S. The van der Waals surface area contributed by atoms with Crippen LogP contribution in [0.4, 0.5) is 0 Å². The van der Waals surface area contributed by atoms with Crippen molar-refractivity contribution in [1.29, 1.82) is 0 Å². The summed E-state index contributed by atoms with van der Waals surface area (Å²) in [6, 6.07) is 4.98. The minimum Gasteiger partial charge on any atom is -0.480 e. The van der Waals surface area contributed by atoms with Gasteiger partial charge in [-0.05, 0) is 18.1 Å². The molecule has 0 aliphatic carbocycles. The minimum absolute atomic E-state index is 0.0493. The van der Waals surface area contributed by atoms with E-state index in [0.717, 1.165) is 0 Å². The Hall–Kier alpha value is -0.580. The summed E-state index contributed by atoms with van der Waals surface area (Å²) in [6.07, 6.45) is 0. The van der Waals surface area contributed by atoms with Gasteiger partial charge in [-0.3, -0.25) is 9.00 Å². The van der Waals surface area contributed by atoms with Crippen molar-refractivity contribution in [3.63, 3.8) is 0 Å². The molecular weight excluding hydrogens is 295 g/mol. The Balaban J connectivity index is 2.97. The lowest BCUT2D eigenvalue weighted by molar-refractivity contribution is -0.137. The SMILES string of the molecule is CC(C)C(C(=O)O)S(=O)Cc1c(Cl)cccc1Cl. The summed E-state index contributed by atoms with van der Waals surface area (Å²) >= 11 is 11.9. The Bertz CT molecular complexity index is 454. The summed E-state index contributed by atoms with van der Waals surface area (Å²) in [5.41, 5.74) is 0.533. The third-order valence-corrected chi connectivity index (χ3v) is 5.07. The Kier molecular flexibility index (Phi) is 5.63. The van der Waals surface area contributed by atoms with E-state index in [1.54, 1.807) is 32.0 Å². The van der Waals surface area contributed by atoms with E-state index in [1.165, 1.54) is 0 Å². The molecule has 3 nitrogen and oxygen atoms in total. The molecule has 0 fully saturated rings. The third kappa shape index (κ3) is 3.70. The molecule has 0 aliphatic rings. The van der Waals surface area contributed by atoms with Gasteiger partial charge in [0.15, 0.2) is 0 Å². The number of carboxylic acid groups (broad SMARTS) is 1. The average molecular weight is 309 g/mol. The molecule has 18 heavy (non-hydrogen) atoms. The number of benzene rings is 1. The fourth-order valence-corrected chi connectivity index (χ4v) is 3.90. The van der Waals surface area contributed by atoms with E-state index in [2.05, 4.69) is 0 Å². The fourth-order valence-electron chi connectivity index (χ4n) is 1.60. The van der Waals surface area contributed by atoms with Crippen LogP contribution in [0.3, 0.4) is 0 Å². The highest BCUT2D eigenvalue weighted by Crippen LogP contribution is 2.27. The van der Waals surface area contributed by atoms with Crippen molar-refractivity contribution in [2.45, 2.75) is 24.9 Å². The zero-order valence-corrected chi connectivity index (χ0v) is 12.4. The third-order valence-electron chi connectivity index (χ3n) is 2.48. The number of hydrogen-bond donors (Lipinski definition) is 1. The second-order valence-electron chi connectivity index (χ2n) is 4.23. The Morgan fingerprint density at radius 1 is 1.33 bits per heavy atom. The van der Waals surface area contributed by atoms with Gasteiger partial charge in [-0.25, -0.2) is 0 Å². The smallest absolute Gasteiger partial charge is 0.319 e. The molecule has 0 saturated carbocycles. The lowest BCUT2D eigenvalue weighted by Crippen LogP contribution is -2.31. The predicted octanol–water partition coefficient (Wildman–Crippen LogP) is 3.35.